The topological polar surface area (TPSA) is 90.6 Å². The molecule has 1 aromatic heterocycles. The molecule has 0 saturated heterocycles. The largest absolute Gasteiger partial charge is 0.508 e. The molecule has 0 aliphatic heterocycles. The SMILES string of the molecule is Cc1cc(C)nc(N/N=C/c2ccc(O)cc2O)n1. The fourth-order valence-electron chi connectivity index (χ4n) is 1.58. The van der Waals surface area contributed by atoms with Crippen LogP contribution < -0.4 is 5.43 Å². The first-order valence-electron chi connectivity index (χ1n) is 5.68. The molecular formula is C13H14N4O2. The number of rotatable bonds is 3. The lowest BCUT2D eigenvalue weighted by atomic mass is 10.2. The zero-order valence-corrected chi connectivity index (χ0v) is 10.6. The number of phenolic OH excluding ortho intramolecular Hbond substituents is 2. The molecule has 0 spiro atoms. The molecule has 6 heteroatoms. The zero-order valence-electron chi connectivity index (χ0n) is 10.6. The van der Waals surface area contributed by atoms with E-state index in [9.17, 15) is 5.11 Å². The molecule has 0 aliphatic carbocycles. The fraction of sp³-hybridized carbons (Fsp3) is 0.154. The molecule has 19 heavy (non-hydrogen) atoms. The number of nitrogens with one attached hydrogen (secondary N) is 1. The van der Waals surface area contributed by atoms with Crippen molar-refractivity contribution in [2.75, 3.05) is 5.43 Å². The van der Waals surface area contributed by atoms with Crippen LogP contribution in [-0.4, -0.2) is 26.4 Å². The quantitative estimate of drug-likeness (QED) is 0.578. The molecule has 0 radical (unpaired) electrons. The molecule has 3 N–H and O–H groups in total. The molecule has 0 amide bonds. The minimum atomic E-state index is -0.0492. The number of hydrogen-bond donors (Lipinski definition) is 3. The Labute approximate surface area is 110 Å². The number of phenols is 2. The second-order valence-electron chi connectivity index (χ2n) is 4.09. The minimum absolute atomic E-state index is 0.000233. The van der Waals surface area contributed by atoms with Crippen molar-refractivity contribution in [3.63, 3.8) is 0 Å². The number of aryl methyl sites for hydroxylation is 2. The maximum Gasteiger partial charge on any atom is 0.243 e. The second-order valence-corrected chi connectivity index (χ2v) is 4.09. The van der Waals surface area contributed by atoms with Gasteiger partial charge in [-0.3, -0.25) is 0 Å². The fourth-order valence-corrected chi connectivity index (χ4v) is 1.58. The lowest BCUT2D eigenvalue weighted by Gasteiger charge is -2.02. The van der Waals surface area contributed by atoms with Gasteiger partial charge in [-0.2, -0.15) is 5.10 Å². The number of anilines is 1. The molecule has 1 aromatic carbocycles. The Kier molecular flexibility index (Phi) is 3.61. The number of hydrazone groups is 1. The highest BCUT2D eigenvalue weighted by Crippen LogP contribution is 2.20. The third kappa shape index (κ3) is 3.41. The Hall–Kier alpha value is -2.63. The molecule has 0 atom stereocenters. The molecule has 0 saturated carbocycles. The van der Waals surface area contributed by atoms with E-state index in [-0.39, 0.29) is 11.5 Å². The van der Waals surface area contributed by atoms with E-state index in [1.807, 2.05) is 19.9 Å². The van der Waals surface area contributed by atoms with Crippen molar-refractivity contribution >= 4 is 12.2 Å². The van der Waals surface area contributed by atoms with Crippen molar-refractivity contribution in [1.29, 1.82) is 0 Å². The Bertz CT molecular complexity index is 606. The molecule has 0 aliphatic rings. The summed E-state index contributed by atoms with van der Waals surface area (Å²) in [7, 11) is 0. The number of benzene rings is 1. The van der Waals surface area contributed by atoms with E-state index in [2.05, 4.69) is 20.5 Å². The number of nitrogens with zero attached hydrogens (tertiary/aromatic N) is 3. The van der Waals surface area contributed by atoms with Gasteiger partial charge in [0, 0.05) is 23.0 Å². The number of hydrogen-bond acceptors (Lipinski definition) is 6. The average Bonchev–Trinajstić information content (AvgIpc) is 2.30. The summed E-state index contributed by atoms with van der Waals surface area (Å²) in [6, 6.07) is 6.13. The smallest absolute Gasteiger partial charge is 0.243 e. The Morgan fingerprint density at radius 1 is 1.11 bits per heavy atom. The van der Waals surface area contributed by atoms with Gasteiger partial charge in [0.25, 0.3) is 0 Å². The Morgan fingerprint density at radius 3 is 2.42 bits per heavy atom. The van der Waals surface area contributed by atoms with E-state index in [0.717, 1.165) is 11.4 Å². The summed E-state index contributed by atoms with van der Waals surface area (Å²) in [5.74, 6) is 0.346. The summed E-state index contributed by atoms with van der Waals surface area (Å²) in [6.07, 6.45) is 1.43. The third-order valence-electron chi connectivity index (χ3n) is 2.36. The van der Waals surface area contributed by atoms with E-state index in [1.165, 1.54) is 18.3 Å². The van der Waals surface area contributed by atoms with Gasteiger partial charge in [0.2, 0.25) is 5.95 Å². The maximum absolute atomic E-state index is 9.57. The molecule has 0 fully saturated rings. The molecule has 0 bridgehead atoms. The van der Waals surface area contributed by atoms with Crippen molar-refractivity contribution in [2.24, 2.45) is 5.10 Å². The van der Waals surface area contributed by atoms with E-state index < -0.39 is 0 Å². The first-order chi connectivity index (χ1) is 9.04. The monoisotopic (exact) mass is 258 g/mol. The predicted octanol–water partition coefficient (Wildman–Crippen LogP) is 1.95. The Balaban J connectivity index is 2.11. The van der Waals surface area contributed by atoms with Crippen LogP contribution in [0.25, 0.3) is 0 Å². The molecule has 2 aromatic rings. The summed E-state index contributed by atoms with van der Waals surface area (Å²) < 4.78 is 0. The average molecular weight is 258 g/mol. The standard InChI is InChI=1S/C13H14N4O2/c1-8-5-9(2)16-13(15-8)17-14-7-10-3-4-11(18)6-12(10)19/h3-7,18-19H,1-2H3,(H,15,16,17)/b14-7+. The van der Waals surface area contributed by atoms with Crippen molar-refractivity contribution in [3.8, 4) is 11.5 Å². The zero-order chi connectivity index (χ0) is 13.8. The molecule has 6 nitrogen and oxygen atoms in total. The number of aromatic hydroxyl groups is 2. The summed E-state index contributed by atoms with van der Waals surface area (Å²) >= 11 is 0. The summed E-state index contributed by atoms with van der Waals surface area (Å²) in [5.41, 5.74) is 4.86. The minimum Gasteiger partial charge on any atom is -0.508 e. The van der Waals surface area contributed by atoms with Gasteiger partial charge in [0.1, 0.15) is 11.5 Å². The van der Waals surface area contributed by atoms with Gasteiger partial charge in [-0.15, -0.1) is 0 Å². The van der Waals surface area contributed by atoms with Crippen molar-refractivity contribution in [1.82, 2.24) is 9.97 Å². The van der Waals surface area contributed by atoms with Crippen molar-refractivity contribution < 1.29 is 10.2 Å². The second kappa shape index (κ2) is 5.34. The highest BCUT2D eigenvalue weighted by atomic mass is 16.3. The normalized spacial score (nSPS) is 10.8. The van der Waals surface area contributed by atoms with Gasteiger partial charge >= 0.3 is 0 Å². The van der Waals surface area contributed by atoms with Gasteiger partial charge in [0.15, 0.2) is 0 Å². The lowest BCUT2D eigenvalue weighted by molar-refractivity contribution is 0.450. The van der Waals surface area contributed by atoms with Crippen molar-refractivity contribution in [3.05, 3.63) is 41.2 Å². The van der Waals surface area contributed by atoms with Crippen LogP contribution in [-0.2, 0) is 0 Å². The van der Waals surface area contributed by atoms with Crippen LogP contribution in [0.3, 0.4) is 0 Å². The van der Waals surface area contributed by atoms with Crippen molar-refractivity contribution in [2.45, 2.75) is 13.8 Å². The third-order valence-corrected chi connectivity index (χ3v) is 2.36. The van der Waals surface area contributed by atoms with Gasteiger partial charge in [0.05, 0.1) is 6.21 Å². The van der Waals surface area contributed by atoms with Gasteiger partial charge in [-0.05, 0) is 32.0 Å². The van der Waals surface area contributed by atoms with Crippen LogP contribution >= 0.6 is 0 Å². The lowest BCUT2D eigenvalue weighted by Crippen LogP contribution is -1.99. The highest BCUT2D eigenvalue weighted by Gasteiger charge is 2.00. The van der Waals surface area contributed by atoms with Crippen LogP contribution in [0.1, 0.15) is 17.0 Å². The molecule has 1 heterocycles. The highest BCUT2D eigenvalue weighted by molar-refractivity contribution is 5.84. The van der Waals surface area contributed by atoms with Gasteiger partial charge < -0.3 is 10.2 Å². The summed E-state index contributed by atoms with van der Waals surface area (Å²) in [6.45, 7) is 3.74. The van der Waals surface area contributed by atoms with Crippen LogP contribution in [0.5, 0.6) is 11.5 Å². The Morgan fingerprint density at radius 2 is 1.79 bits per heavy atom. The van der Waals surface area contributed by atoms with E-state index >= 15 is 0 Å². The molecule has 2 rings (SSSR count). The van der Waals surface area contributed by atoms with E-state index in [4.69, 9.17) is 5.11 Å². The van der Waals surface area contributed by atoms with Crippen LogP contribution in [0, 0.1) is 13.8 Å². The summed E-state index contributed by atoms with van der Waals surface area (Å²) in [4.78, 5) is 8.33. The number of aromatic nitrogens is 2. The first-order valence-corrected chi connectivity index (χ1v) is 5.68. The first kappa shape index (κ1) is 12.8. The van der Waals surface area contributed by atoms with Crippen LogP contribution in [0.2, 0.25) is 0 Å². The molecular weight excluding hydrogens is 244 g/mol. The molecule has 0 unspecified atom stereocenters. The van der Waals surface area contributed by atoms with E-state index in [0.29, 0.717) is 11.5 Å². The van der Waals surface area contributed by atoms with Crippen LogP contribution in [0.4, 0.5) is 5.95 Å². The summed E-state index contributed by atoms with van der Waals surface area (Å²) in [5, 5.41) is 22.7. The van der Waals surface area contributed by atoms with Gasteiger partial charge in [-0.1, -0.05) is 0 Å². The predicted molar refractivity (Wildman–Crippen MR) is 72.5 cm³/mol. The van der Waals surface area contributed by atoms with Gasteiger partial charge in [-0.25, -0.2) is 15.4 Å². The van der Waals surface area contributed by atoms with E-state index in [1.54, 1.807) is 6.07 Å². The molecule has 98 valence electrons. The van der Waals surface area contributed by atoms with Crippen LogP contribution in [0.15, 0.2) is 29.4 Å². The maximum atomic E-state index is 9.57.